The van der Waals surface area contributed by atoms with Crippen LogP contribution in [0.1, 0.15) is 38.5 Å². The van der Waals surface area contributed by atoms with Gasteiger partial charge < -0.3 is 14.7 Å². The van der Waals surface area contributed by atoms with Gasteiger partial charge in [-0.3, -0.25) is 4.79 Å². The first kappa shape index (κ1) is 11.9. The van der Waals surface area contributed by atoms with E-state index in [0.29, 0.717) is 6.42 Å². The van der Waals surface area contributed by atoms with Gasteiger partial charge in [-0.05, 0) is 32.1 Å². The van der Waals surface area contributed by atoms with E-state index in [-0.39, 0.29) is 24.7 Å². The molecule has 0 aliphatic carbocycles. The average molecular weight is 227 g/mol. The van der Waals surface area contributed by atoms with Crippen LogP contribution in [0.5, 0.6) is 0 Å². The van der Waals surface area contributed by atoms with Crippen LogP contribution >= 0.6 is 0 Å². The predicted molar refractivity (Wildman–Crippen MR) is 60.0 cm³/mol. The first-order valence-electron chi connectivity index (χ1n) is 6.33. The summed E-state index contributed by atoms with van der Waals surface area (Å²) >= 11 is 0. The maximum absolute atomic E-state index is 12.0. The number of aliphatic hydroxyl groups is 1. The molecule has 4 nitrogen and oxygen atoms in total. The van der Waals surface area contributed by atoms with Crippen molar-refractivity contribution in [3.8, 4) is 0 Å². The van der Waals surface area contributed by atoms with Crippen LogP contribution in [-0.4, -0.2) is 47.8 Å². The molecule has 1 unspecified atom stereocenters. The van der Waals surface area contributed by atoms with E-state index in [1.54, 1.807) is 0 Å². The van der Waals surface area contributed by atoms with Crippen molar-refractivity contribution >= 4 is 5.91 Å². The van der Waals surface area contributed by atoms with Crippen LogP contribution in [-0.2, 0) is 9.53 Å². The minimum absolute atomic E-state index is 0.0519. The van der Waals surface area contributed by atoms with E-state index in [2.05, 4.69) is 0 Å². The molecule has 0 aromatic heterocycles. The number of likely N-dealkylation sites (tertiary alicyclic amines) is 1. The molecule has 92 valence electrons. The molecule has 0 aromatic rings. The molecule has 2 rings (SSSR count). The third-order valence-corrected chi connectivity index (χ3v) is 3.58. The Labute approximate surface area is 96.6 Å². The van der Waals surface area contributed by atoms with Gasteiger partial charge in [0.05, 0.1) is 25.2 Å². The maximum Gasteiger partial charge on any atom is 0.225 e. The first-order valence-corrected chi connectivity index (χ1v) is 6.33. The van der Waals surface area contributed by atoms with Crippen LogP contribution in [0.15, 0.2) is 0 Å². The Balaban J connectivity index is 1.82. The van der Waals surface area contributed by atoms with Crippen LogP contribution in [0, 0.1) is 0 Å². The zero-order valence-corrected chi connectivity index (χ0v) is 9.73. The number of hydrogen-bond acceptors (Lipinski definition) is 3. The Morgan fingerprint density at radius 3 is 2.88 bits per heavy atom. The quantitative estimate of drug-likeness (QED) is 0.780. The summed E-state index contributed by atoms with van der Waals surface area (Å²) in [6, 6.07) is 0.0519. The number of hydrogen-bond donors (Lipinski definition) is 1. The number of aliphatic hydroxyl groups excluding tert-OH is 1. The van der Waals surface area contributed by atoms with Gasteiger partial charge in [-0.15, -0.1) is 0 Å². The van der Waals surface area contributed by atoms with Gasteiger partial charge >= 0.3 is 0 Å². The van der Waals surface area contributed by atoms with E-state index in [1.807, 2.05) is 4.90 Å². The van der Waals surface area contributed by atoms with Crippen LogP contribution in [0.3, 0.4) is 0 Å². The molecule has 0 aromatic carbocycles. The van der Waals surface area contributed by atoms with E-state index >= 15 is 0 Å². The van der Waals surface area contributed by atoms with Gasteiger partial charge in [-0.1, -0.05) is 0 Å². The Kier molecular flexibility index (Phi) is 4.18. The fraction of sp³-hybridized carbons (Fsp3) is 0.917. The molecule has 0 bridgehead atoms. The van der Waals surface area contributed by atoms with Gasteiger partial charge in [0.1, 0.15) is 0 Å². The van der Waals surface area contributed by atoms with Crippen molar-refractivity contribution in [1.82, 2.24) is 4.90 Å². The van der Waals surface area contributed by atoms with Crippen LogP contribution in [0.2, 0.25) is 0 Å². The molecule has 1 N–H and O–H groups in total. The summed E-state index contributed by atoms with van der Waals surface area (Å²) in [6.07, 6.45) is 5.85. The van der Waals surface area contributed by atoms with E-state index in [1.165, 1.54) is 6.42 Å². The Bertz CT molecular complexity index is 238. The molecule has 2 atom stereocenters. The summed E-state index contributed by atoms with van der Waals surface area (Å²) in [6.45, 7) is 1.69. The first-order chi connectivity index (χ1) is 7.81. The van der Waals surface area contributed by atoms with Gasteiger partial charge in [0, 0.05) is 13.2 Å². The SMILES string of the molecule is O=C(CC1CCCCO1)N1CCC[C@@H]1CO. The summed E-state index contributed by atoms with van der Waals surface area (Å²) in [5, 5.41) is 9.17. The zero-order chi connectivity index (χ0) is 11.4. The van der Waals surface area contributed by atoms with E-state index < -0.39 is 0 Å². The van der Waals surface area contributed by atoms with Crippen molar-refractivity contribution in [2.24, 2.45) is 0 Å². The Hall–Kier alpha value is -0.610. The van der Waals surface area contributed by atoms with Crippen molar-refractivity contribution < 1.29 is 14.6 Å². The highest BCUT2D eigenvalue weighted by Gasteiger charge is 2.29. The summed E-state index contributed by atoms with van der Waals surface area (Å²) in [5.41, 5.74) is 0. The van der Waals surface area contributed by atoms with Crippen molar-refractivity contribution in [2.75, 3.05) is 19.8 Å². The average Bonchev–Trinajstić information content (AvgIpc) is 2.78. The molecule has 4 heteroatoms. The lowest BCUT2D eigenvalue weighted by atomic mass is 10.1. The molecule has 0 saturated carbocycles. The van der Waals surface area contributed by atoms with Gasteiger partial charge in [-0.25, -0.2) is 0 Å². The zero-order valence-electron chi connectivity index (χ0n) is 9.73. The normalized spacial score (nSPS) is 30.7. The predicted octanol–water partition coefficient (Wildman–Crippen LogP) is 0.929. The monoisotopic (exact) mass is 227 g/mol. The number of amides is 1. The molecule has 2 fully saturated rings. The van der Waals surface area contributed by atoms with Crippen molar-refractivity contribution in [3.63, 3.8) is 0 Å². The topological polar surface area (TPSA) is 49.8 Å². The fourth-order valence-corrected chi connectivity index (χ4v) is 2.63. The second kappa shape index (κ2) is 5.64. The smallest absolute Gasteiger partial charge is 0.225 e. The van der Waals surface area contributed by atoms with Crippen LogP contribution in [0.4, 0.5) is 0 Å². The largest absolute Gasteiger partial charge is 0.394 e. The van der Waals surface area contributed by atoms with E-state index in [4.69, 9.17) is 9.84 Å². The molecule has 2 saturated heterocycles. The van der Waals surface area contributed by atoms with Gasteiger partial charge in [0.15, 0.2) is 0 Å². The number of nitrogens with zero attached hydrogens (tertiary/aromatic N) is 1. The second-order valence-corrected chi connectivity index (χ2v) is 4.76. The number of rotatable bonds is 3. The van der Waals surface area contributed by atoms with Crippen LogP contribution in [0.25, 0.3) is 0 Å². The molecule has 0 radical (unpaired) electrons. The molecule has 1 amide bonds. The summed E-state index contributed by atoms with van der Waals surface area (Å²) in [4.78, 5) is 13.8. The Morgan fingerprint density at radius 1 is 1.31 bits per heavy atom. The standard InChI is InChI=1S/C12H21NO3/c14-9-10-4-3-6-13(10)12(15)8-11-5-1-2-7-16-11/h10-11,14H,1-9H2/t10-,11?/m1/s1. The minimum atomic E-state index is 0.0519. The third kappa shape index (κ3) is 2.74. The van der Waals surface area contributed by atoms with Crippen molar-refractivity contribution in [1.29, 1.82) is 0 Å². The molecular weight excluding hydrogens is 206 g/mol. The highest BCUT2D eigenvalue weighted by atomic mass is 16.5. The molecule has 2 heterocycles. The number of carbonyl (C=O) groups excluding carboxylic acids is 1. The maximum atomic E-state index is 12.0. The second-order valence-electron chi connectivity index (χ2n) is 4.76. The molecular formula is C12H21NO3. The minimum Gasteiger partial charge on any atom is -0.394 e. The van der Waals surface area contributed by atoms with E-state index in [9.17, 15) is 4.79 Å². The molecule has 0 spiro atoms. The lowest BCUT2D eigenvalue weighted by Gasteiger charge is -2.27. The molecule has 2 aliphatic heterocycles. The van der Waals surface area contributed by atoms with Gasteiger partial charge in [-0.2, -0.15) is 0 Å². The number of carbonyl (C=O) groups is 1. The third-order valence-electron chi connectivity index (χ3n) is 3.58. The summed E-state index contributed by atoms with van der Waals surface area (Å²) in [5.74, 6) is 0.156. The fourth-order valence-electron chi connectivity index (χ4n) is 2.63. The van der Waals surface area contributed by atoms with Crippen molar-refractivity contribution in [3.05, 3.63) is 0 Å². The van der Waals surface area contributed by atoms with Crippen molar-refractivity contribution in [2.45, 2.75) is 50.7 Å². The van der Waals surface area contributed by atoms with Crippen LogP contribution < -0.4 is 0 Å². The summed E-state index contributed by atoms with van der Waals surface area (Å²) < 4.78 is 5.57. The van der Waals surface area contributed by atoms with Gasteiger partial charge in [0.2, 0.25) is 5.91 Å². The number of ether oxygens (including phenoxy) is 1. The molecule has 16 heavy (non-hydrogen) atoms. The van der Waals surface area contributed by atoms with E-state index in [0.717, 1.165) is 38.8 Å². The lowest BCUT2D eigenvalue weighted by molar-refractivity contribution is -0.136. The highest BCUT2D eigenvalue weighted by Crippen LogP contribution is 2.21. The highest BCUT2D eigenvalue weighted by molar-refractivity contribution is 5.77. The Morgan fingerprint density at radius 2 is 2.19 bits per heavy atom. The van der Waals surface area contributed by atoms with Gasteiger partial charge in [0.25, 0.3) is 0 Å². The summed E-state index contributed by atoms with van der Waals surface area (Å²) in [7, 11) is 0. The molecule has 2 aliphatic rings. The lowest BCUT2D eigenvalue weighted by Crippen LogP contribution is -2.39.